The highest BCUT2D eigenvalue weighted by Crippen LogP contribution is 2.34. The highest BCUT2D eigenvalue weighted by molar-refractivity contribution is 5.96. The number of H-pyrrole nitrogens is 2. The van der Waals surface area contributed by atoms with E-state index in [1.807, 2.05) is 37.2 Å². The van der Waals surface area contributed by atoms with Crippen LogP contribution in [0.1, 0.15) is 5.56 Å². The molecule has 0 saturated carbocycles. The second kappa shape index (κ2) is 7.85. The maximum absolute atomic E-state index is 15.9. The number of nitrogens with zero attached hydrogens (tertiary/aromatic N) is 6. The molecule has 0 amide bonds. The molecule has 168 valence electrons. The van der Waals surface area contributed by atoms with Gasteiger partial charge in [0.15, 0.2) is 11.5 Å². The summed E-state index contributed by atoms with van der Waals surface area (Å²) in [6.45, 7) is 0.696. The lowest BCUT2D eigenvalue weighted by atomic mass is 10.1. The Labute approximate surface area is 192 Å². The molecule has 0 fully saturated rings. The molecular formula is C24H19FN8O. The van der Waals surface area contributed by atoms with Crippen molar-refractivity contribution in [2.24, 2.45) is 0 Å². The number of aromatic nitrogens is 7. The number of fused-ring (bicyclic) bond motifs is 2. The third-order valence-corrected chi connectivity index (χ3v) is 5.55. The Bertz CT molecular complexity index is 1630. The minimum atomic E-state index is -0.439. The molecule has 0 atom stereocenters. The van der Waals surface area contributed by atoms with Crippen molar-refractivity contribution in [2.45, 2.75) is 6.54 Å². The minimum Gasteiger partial charge on any atom is -0.472 e. The van der Waals surface area contributed by atoms with Crippen molar-refractivity contribution >= 4 is 22.1 Å². The molecule has 6 heterocycles. The van der Waals surface area contributed by atoms with E-state index in [1.54, 1.807) is 31.1 Å². The monoisotopic (exact) mass is 454 g/mol. The lowest BCUT2D eigenvalue weighted by molar-refractivity contribution is 0.402. The zero-order valence-corrected chi connectivity index (χ0v) is 18.4. The molecule has 9 nitrogen and oxygen atoms in total. The molecule has 0 aliphatic rings. The standard InChI is InChI=1S/C24H19FN8O/c1-33(2)11-13-7-15(9-26-8-13)16-10-28-23-18(19(16)25)22(31-32-23)24-29-17-3-5-27-20(21(17)30-24)14-4-6-34-12-14/h3-10,12H,11H2,1-2H3,(H,29,30)(H,28,31,32). The zero-order valence-electron chi connectivity index (χ0n) is 18.4. The molecule has 0 aromatic carbocycles. The average Bonchev–Trinajstić information content (AvgIpc) is 3.57. The number of nitrogens with one attached hydrogen (secondary N) is 2. The van der Waals surface area contributed by atoms with Crippen LogP contribution in [0.15, 0.2) is 59.9 Å². The average molecular weight is 454 g/mol. The summed E-state index contributed by atoms with van der Waals surface area (Å²) in [5, 5.41) is 7.40. The Morgan fingerprint density at radius 3 is 2.79 bits per heavy atom. The van der Waals surface area contributed by atoms with Gasteiger partial charge in [0.05, 0.1) is 23.4 Å². The third-order valence-electron chi connectivity index (χ3n) is 5.55. The van der Waals surface area contributed by atoms with Crippen LogP contribution < -0.4 is 0 Å². The van der Waals surface area contributed by atoms with Gasteiger partial charge in [-0.05, 0) is 37.9 Å². The van der Waals surface area contributed by atoms with E-state index in [-0.39, 0.29) is 5.39 Å². The van der Waals surface area contributed by atoms with E-state index in [4.69, 9.17) is 9.40 Å². The summed E-state index contributed by atoms with van der Waals surface area (Å²) in [4.78, 5) is 23.1. The Kier molecular flexibility index (Phi) is 4.66. The van der Waals surface area contributed by atoms with Gasteiger partial charge in [-0.3, -0.25) is 15.1 Å². The van der Waals surface area contributed by atoms with E-state index in [0.29, 0.717) is 46.0 Å². The smallest absolute Gasteiger partial charge is 0.159 e. The van der Waals surface area contributed by atoms with E-state index in [0.717, 1.165) is 16.6 Å². The Morgan fingerprint density at radius 2 is 1.97 bits per heavy atom. The number of aromatic amines is 2. The van der Waals surface area contributed by atoms with Crippen molar-refractivity contribution in [1.29, 1.82) is 0 Å². The van der Waals surface area contributed by atoms with E-state index in [1.165, 1.54) is 6.20 Å². The zero-order chi connectivity index (χ0) is 23.2. The van der Waals surface area contributed by atoms with Crippen molar-refractivity contribution < 1.29 is 8.81 Å². The fraction of sp³-hybridized carbons (Fsp3) is 0.125. The lowest BCUT2D eigenvalue weighted by Crippen LogP contribution is -2.10. The maximum atomic E-state index is 15.9. The number of imidazole rings is 1. The van der Waals surface area contributed by atoms with E-state index in [9.17, 15) is 0 Å². The van der Waals surface area contributed by atoms with Crippen molar-refractivity contribution in [3.05, 3.63) is 66.9 Å². The summed E-state index contributed by atoms with van der Waals surface area (Å²) in [7, 11) is 3.94. The van der Waals surface area contributed by atoms with E-state index >= 15 is 4.39 Å². The van der Waals surface area contributed by atoms with Gasteiger partial charge in [-0.1, -0.05) is 0 Å². The first-order valence-corrected chi connectivity index (χ1v) is 10.6. The van der Waals surface area contributed by atoms with Crippen LogP contribution >= 0.6 is 0 Å². The molecule has 0 spiro atoms. The fourth-order valence-electron chi connectivity index (χ4n) is 4.07. The molecule has 0 aliphatic carbocycles. The molecule has 0 bridgehead atoms. The molecule has 0 aliphatic heterocycles. The topological polar surface area (TPSA) is 112 Å². The second-order valence-corrected chi connectivity index (χ2v) is 8.25. The van der Waals surface area contributed by atoms with Gasteiger partial charge in [0.1, 0.15) is 22.7 Å². The van der Waals surface area contributed by atoms with E-state index in [2.05, 4.69) is 30.1 Å². The van der Waals surface area contributed by atoms with Crippen LogP contribution in [0.4, 0.5) is 4.39 Å². The first-order chi connectivity index (χ1) is 16.6. The lowest BCUT2D eigenvalue weighted by Gasteiger charge is -2.11. The number of hydrogen-bond acceptors (Lipinski definition) is 7. The molecule has 10 heteroatoms. The summed E-state index contributed by atoms with van der Waals surface area (Å²) < 4.78 is 21.1. The molecule has 0 unspecified atom stereocenters. The molecule has 34 heavy (non-hydrogen) atoms. The number of hydrogen-bond donors (Lipinski definition) is 2. The summed E-state index contributed by atoms with van der Waals surface area (Å²) >= 11 is 0. The second-order valence-electron chi connectivity index (χ2n) is 8.25. The minimum absolute atomic E-state index is 0.257. The van der Waals surface area contributed by atoms with Gasteiger partial charge >= 0.3 is 0 Å². The van der Waals surface area contributed by atoms with Gasteiger partial charge in [-0.15, -0.1) is 0 Å². The predicted octanol–water partition coefficient (Wildman–Crippen LogP) is 4.42. The summed E-state index contributed by atoms with van der Waals surface area (Å²) in [5.74, 6) is -0.0254. The molecule has 6 aromatic rings. The number of rotatable bonds is 5. The Morgan fingerprint density at radius 1 is 1.06 bits per heavy atom. The van der Waals surface area contributed by atoms with Crippen LogP contribution in [-0.4, -0.2) is 54.1 Å². The van der Waals surface area contributed by atoms with Gasteiger partial charge < -0.3 is 14.3 Å². The van der Waals surface area contributed by atoms with Crippen LogP contribution in [0.2, 0.25) is 0 Å². The summed E-state index contributed by atoms with van der Waals surface area (Å²) in [5.41, 5.74) is 5.51. The van der Waals surface area contributed by atoms with Gasteiger partial charge in [-0.25, -0.2) is 14.4 Å². The van der Waals surface area contributed by atoms with Crippen LogP contribution in [-0.2, 0) is 6.54 Å². The number of halogens is 1. The molecule has 0 radical (unpaired) electrons. The number of furan rings is 1. The summed E-state index contributed by atoms with van der Waals surface area (Å²) in [6.07, 6.45) is 9.77. The molecule has 2 N–H and O–H groups in total. The first-order valence-electron chi connectivity index (χ1n) is 10.6. The molecular weight excluding hydrogens is 435 g/mol. The Hall–Kier alpha value is -4.44. The maximum Gasteiger partial charge on any atom is 0.159 e. The largest absolute Gasteiger partial charge is 0.472 e. The fourth-order valence-corrected chi connectivity index (χ4v) is 4.07. The molecule has 6 rings (SSSR count). The van der Waals surface area contributed by atoms with Crippen molar-refractivity contribution in [3.8, 4) is 33.9 Å². The SMILES string of the molecule is CN(C)Cc1cncc(-c2cnc3[nH]nc(-c4nc5c(-c6ccoc6)nccc5[nH]4)c3c2F)c1. The van der Waals surface area contributed by atoms with Gasteiger partial charge in [0, 0.05) is 48.0 Å². The summed E-state index contributed by atoms with van der Waals surface area (Å²) in [6, 6.07) is 5.54. The highest BCUT2D eigenvalue weighted by Gasteiger charge is 2.21. The first kappa shape index (κ1) is 20.2. The normalized spacial score (nSPS) is 11.8. The Balaban J connectivity index is 1.50. The van der Waals surface area contributed by atoms with Crippen LogP contribution in [0.5, 0.6) is 0 Å². The predicted molar refractivity (Wildman–Crippen MR) is 125 cm³/mol. The van der Waals surface area contributed by atoms with Crippen molar-refractivity contribution in [3.63, 3.8) is 0 Å². The highest BCUT2D eigenvalue weighted by atomic mass is 19.1. The van der Waals surface area contributed by atoms with Crippen molar-refractivity contribution in [1.82, 2.24) is 40.0 Å². The molecule has 0 saturated heterocycles. The quantitative estimate of drug-likeness (QED) is 0.396. The number of pyridine rings is 3. The molecule has 6 aromatic heterocycles. The van der Waals surface area contributed by atoms with Crippen LogP contribution in [0.3, 0.4) is 0 Å². The van der Waals surface area contributed by atoms with Gasteiger partial charge in [0.2, 0.25) is 0 Å². The van der Waals surface area contributed by atoms with Crippen LogP contribution in [0, 0.1) is 5.82 Å². The van der Waals surface area contributed by atoms with Gasteiger partial charge in [-0.2, -0.15) is 5.10 Å². The van der Waals surface area contributed by atoms with Crippen LogP contribution in [0.25, 0.3) is 56.0 Å². The van der Waals surface area contributed by atoms with Gasteiger partial charge in [0.25, 0.3) is 0 Å². The third kappa shape index (κ3) is 3.32. The van der Waals surface area contributed by atoms with Crippen molar-refractivity contribution in [2.75, 3.05) is 14.1 Å². The van der Waals surface area contributed by atoms with E-state index < -0.39 is 5.82 Å².